The average Bonchev–Trinajstić information content (AvgIpc) is 1.88. The molecule has 0 rings (SSSR count). The number of halogens is 1. The van der Waals surface area contributed by atoms with E-state index in [1.807, 2.05) is 6.92 Å². The topological polar surface area (TPSA) is 35.5 Å². The van der Waals surface area contributed by atoms with Gasteiger partial charge >= 0.3 is 6.47 Å². The van der Waals surface area contributed by atoms with Gasteiger partial charge in [-0.3, -0.25) is 4.79 Å². The first-order chi connectivity index (χ1) is 3.83. The summed E-state index contributed by atoms with van der Waals surface area (Å²) in [5.74, 6) is 0. The lowest BCUT2D eigenvalue weighted by Gasteiger charge is -1.76. The Balaban J connectivity index is 0. The van der Waals surface area contributed by atoms with Crippen LogP contribution in [0.5, 0.6) is 0 Å². The van der Waals surface area contributed by atoms with Crippen LogP contribution in [0.1, 0.15) is 6.92 Å². The molecule has 0 unspecified atom stereocenters. The summed E-state index contributed by atoms with van der Waals surface area (Å²) in [6.07, 6.45) is 0. The molecule has 0 aromatic rings. The number of carbonyl (C=O) groups excluding carboxylic acids is 1. The standard InChI is InChI=1S/C3H8O.CHClO2/c1-3-4-2;2-4-1-3/h3H2,1-2H3;1H. The number of carbonyl (C=O) groups is 1. The van der Waals surface area contributed by atoms with Gasteiger partial charge < -0.3 is 9.03 Å². The van der Waals surface area contributed by atoms with Gasteiger partial charge in [-0.25, -0.2) is 0 Å². The third-order valence-corrected chi connectivity index (χ3v) is 0.398. The third kappa shape index (κ3) is 43.1. The SMILES string of the molecule is CCOC.O=COCl. The van der Waals surface area contributed by atoms with Gasteiger partial charge in [0.2, 0.25) is 0 Å². The predicted octanol–water partition coefficient (Wildman–Crippen LogP) is 0.966. The highest BCUT2D eigenvalue weighted by Gasteiger charge is 1.51. The Morgan fingerprint density at radius 2 is 2.00 bits per heavy atom. The highest BCUT2D eigenvalue weighted by atomic mass is 35.5. The first kappa shape index (κ1) is 10.7. The van der Waals surface area contributed by atoms with Crippen LogP contribution in [0.4, 0.5) is 0 Å². The van der Waals surface area contributed by atoms with Crippen molar-refractivity contribution in [2.75, 3.05) is 13.7 Å². The predicted molar refractivity (Wildman–Crippen MR) is 30.6 cm³/mol. The summed E-state index contributed by atoms with van der Waals surface area (Å²) in [5, 5.41) is 0. The molecule has 0 amide bonds. The first-order valence-corrected chi connectivity index (χ1v) is 2.34. The minimum atomic E-state index is 0.140. The molecule has 0 saturated carbocycles. The van der Waals surface area contributed by atoms with E-state index in [0.29, 0.717) is 0 Å². The molecule has 0 heterocycles. The summed E-state index contributed by atoms with van der Waals surface area (Å²) >= 11 is 4.32. The highest BCUT2D eigenvalue weighted by molar-refractivity contribution is 6.10. The van der Waals surface area contributed by atoms with Crippen LogP contribution in [-0.2, 0) is 13.8 Å². The molecular weight excluding hydrogens is 131 g/mol. The van der Waals surface area contributed by atoms with Crippen LogP contribution in [-0.4, -0.2) is 20.2 Å². The maximum Gasteiger partial charge on any atom is 0.312 e. The fourth-order valence-electron chi connectivity index (χ4n) is 0. The van der Waals surface area contributed by atoms with E-state index in [1.165, 1.54) is 0 Å². The van der Waals surface area contributed by atoms with E-state index in [0.717, 1.165) is 6.61 Å². The van der Waals surface area contributed by atoms with Crippen molar-refractivity contribution in [2.24, 2.45) is 0 Å². The maximum absolute atomic E-state index is 8.82. The molecule has 3 nitrogen and oxygen atoms in total. The second-order valence-electron chi connectivity index (χ2n) is 0.763. The molecule has 0 N–H and O–H groups in total. The normalized spacial score (nSPS) is 6.38. The Hall–Kier alpha value is -0.280. The van der Waals surface area contributed by atoms with E-state index >= 15 is 0 Å². The fourth-order valence-corrected chi connectivity index (χ4v) is 0. The van der Waals surface area contributed by atoms with Gasteiger partial charge in [0.15, 0.2) is 0 Å². The molecule has 0 aromatic heterocycles. The van der Waals surface area contributed by atoms with Crippen LogP contribution in [0.15, 0.2) is 0 Å². The van der Waals surface area contributed by atoms with E-state index in [-0.39, 0.29) is 6.47 Å². The molecule has 0 aromatic carbocycles. The average molecular weight is 141 g/mol. The molecule has 0 spiro atoms. The monoisotopic (exact) mass is 140 g/mol. The third-order valence-electron chi connectivity index (χ3n) is 0.325. The molecule has 0 bridgehead atoms. The van der Waals surface area contributed by atoms with E-state index in [9.17, 15) is 0 Å². The van der Waals surface area contributed by atoms with Crippen LogP contribution >= 0.6 is 11.9 Å². The minimum absolute atomic E-state index is 0.140. The van der Waals surface area contributed by atoms with Gasteiger partial charge in [-0.1, -0.05) is 0 Å². The quantitative estimate of drug-likeness (QED) is 0.536. The van der Waals surface area contributed by atoms with Crippen molar-refractivity contribution < 1.29 is 13.8 Å². The molecule has 0 aliphatic heterocycles. The summed E-state index contributed by atoms with van der Waals surface area (Å²) in [4.78, 5) is 8.82. The van der Waals surface area contributed by atoms with Crippen molar-refractivity contribution in [1.82, 2.24) is 0 Å². The van der Waals surface area contributed by atoms with Crippen molar-refractivity contribution in [2.45, 2.75) is 6.92 Å². The molecule has 0 aliphatic carbocycles. The van der Waals surface area contributed by atoms with Gasteiger partial charge in [0, 0.05) is 13.7 Å². The van der Waals surface area contributed by atoms with Gasteiger partial charge in [-0.05, 0) is 6.92 Å². The van der Waals surface area contributed by atoms with Crippen molar-refractivity contribution in [3.63, 3.8) is 0 Å². The van der Waals surface area contributed by atoms with Gasteiger partial charge in [0.05, 0.1) is 0 Å². The largest absolute Gasteiger partial charge is 0.385 e. The van der Waals surface area contributed by atoms with Crippen LogP contribution < -0.4 is 0 Å². The zero-order valence-electron chi connectivity index (χ0n) is 4.89. The summed E-state index contributed by atoms with van der Waals surface area (Å²) in [5.41, 5.74) is 0. The van der Waals surface area contributed by atoms with E-state index in [2.05, 4.69) is 20.9 Å². The Kier molecular flexibility index (Phi) is 21.2. The van der Waals surface area contributed by atoms with Crippen LogP contribution in [0, 0.1) is 0 Å². The van der Waals surface area contributed by atoms with E-state index in [1.54, 1.807) is 7.11 Å². The summed E-state index contributed by atoms with van der Waals surface area (Å²) in [6, 6.07) is 0. The molecule has 0 atom stereocenters. The van der Waals surface area contributed by atoms with Crippen molar-refractivity contribution in [1.29, 1.82) is 0 Å². The fraction of sp³-hybridized carbons (Fsp3) is 0.750. The number of rotatable bonds is 2. The van der Waals surface area contributed by atoms with Crippen LogP contribution in [0.2, 0.25) is 0 Å². The smallest absolute Gasteiger partial charge is 0.312 e. The van der Waals surface area contributed by atoms with E-state index < -0.39 is 0 Å². The Morgan fingerprint density at radius 1 is 1.75 bits per heavy atom. The molecule has 0 aliphatic rings. The van der Waals surface area contributed by atoms with Gasteiger partial charge in [0.25, 0.3) is 0 Å². The molecule has 8 heavy (non-hydrogen) atoms. The van der Waals surface area contributed by atoms with Gasteiger partial charge in [-0.2, -0.15) is 0 Å². The lowest BCUT2D eigenvalue weighted by atomic mass is 10.9. The zero-order valence-corrected chi connectivity index (χ0v) is 5.64. The molecular formula is C4H9ClO3. The first-order valence-electron chi connectivity index (χ1n) is 2.03. The summed E-state index contributed by atoms with van der Waals surface area (Å²) in [7, 11) is 1.68. The molecule has 4 heteroatoms. The van der Waals surface area contributed by atoms with Crippen LogP contribution in [0.3, 0.4) is 0 Å². The summed E-state index contributed by atoms with van der Waals surface area (Å²) in [6.45, 7) is 2.92. The number of hydrogen-bond acceptors (Lipinski definition) is 3. The Labute approximate surface area is 53.7 Å². The zero-order chi connectivity index (χ0) is 6.83. The molecule has 50 valence electrons. The molecule has 0 saturated heterocycles. The minimum Gasteiger partial charge on any atom is -0.385 e. The van der Waals surface area contributed by atoms with Gasteiger partial charge in [0.1, 0.15) is 11.9 Å². The lowest BCUT2D eigenvalue weighted by Crippen LogP contribution is -1.73. The van der Waals surface area contributed by atoms with Crippen LogP contribution in [0.25, 0.3) is 0 Å². The Bertz CT molecular complexity index is 38.3. The van der Waals surface area contributed by atoms with E-state index in [4.69, 9.17) is 4.79 Å². The number of hydrogen-bond donors (Lipinski definition) is 0. The highest BCUT2D eigenvalue weighted by Crippen LogP contribution is 1.62. The molecule has 0 fully saturated rings. The molecule has 0 radical (unpaired) electrons. The maximum atomic E-state index is 8.82. The lowest BCUT2D eigenvalue weighted by molar-refractivity contribution is -0.120. The van der Waals surface area contributed by atoms with Crippen molar-refractivity contribution in [3.05, 3.63) is 0 Å². The van der Waals surface area contributed by atoms with Gasteiger partial charge in [-0.15, -0.1) is 0 Å². The Morgan fingerprint density at radius 3 is 2.00 bits per heavy atom. The second-order valence-corrected chi connectivity index (χ2v) is 0.941. The van der Waals surface area contributed by atoms with Crippen molar-refractivity contribution in [3.8, 4) is 0 Å². The number of ether oxygens (including phenoxy) is 1. The second kappa shape index (κ2) is 15.9. The van der Waals surface area contributed by atoms with Crippen molar-refractivity contribution >= 4 is 18.3 Å². The summed E-state index contributed by atoms with van der Waals surface area (Å²) < 4.78 is 7.88. The number of methoxy groups -OCH3 is 1.